The zero-order chi connectivity index (χ0) is 13.8. The molecule has 0 aliphatic rings. The van der Waals surface area contributed by atoms with E-state index in [1.807, 2.05) is 19.9 Å². The van der Waals surface area contributed by atoms with Gasteiger partial charge in [-0.25, -0.2) is 0 Å². The van der Waals surface area contributed by atoms with Crippen LogP contribution < -0.4 is 5.32 Å². The van der Waals surface area contributed by atoms with Crippen molar-refractivity contribution in [2.45, 2.75) is 33.2 Å². The summed E-state index contributed by atoms with van der Waals surface area (Å²) in [4.78, 5) is 13.0. The maximum atomic E-state index is 12.0. The van der Waals surface area contributed by atoms with Gasteiger partial charge in [0.2, 0.25) is 0 Å². The summed E-state index contributed by atoms with van der Waals surface area (Å²) < 4.78 is 4.12. The van der Waals surface area contributed by atoms with Gasteiger partial charge in [-0.1, -0.05) is 31.2 Å². The molecule has 19 heavy (non-hydrogen) atoms. The lowest BCUT2D eigenvalue weighted by Crippen LogP contribution is -2.26. The number of nitrogens with one attached hydrogen (secondary N) is 1. The smallest absolute Gasteiger partial charge is 0.271 e. The van der Waals surface area contributed by atoms with Gasteiger partial charge in [0, 0.05) is 4.88 Å². The van der Waals surface area contributed by atoms with E-state index in [1.165, 1.54) is 17.1 Å². The van der Waals surface area contributed by atoms with Crippen LogP contribution in [0.3, 0.4) is 0 Å². The predicted octanol–water partition coefficient (Wildman–Crippen LogP) is 3.50. The number of rotatable bonds is 4. The fourth-order valence-corrected chi connectivity index (χ4v) is 2.41. The normalized spacial score (nSPS) is 12.2. The lowest BCUT2D eigenvalue weighted by Gasteiger charge is -2.13. The van der Waals surface area contributed by atoms with Gasteiger partial charge < -0.3 is 5.32 Å². The molecule has 0 spiro atoms. The summed E-state index contributed by atoms with van der Waals surface area (Å²) in [7, 11) is 0. The minimum atomic E-state index is -0.114. The minimum Gasteiger partial charge on any atom is -0.344 e. The van der Waals surface area contributed by atoms with E-state index in [-0.39, 0.29) is 11.9 Å². The number of aryl methyl sites for hydroxylation is 2. The first kappa shape index (κ1) is 13.7. The summed E-state index contributed by atoms with van der Waals surface area (Å²) in [6, 6.07) is 10.1. The van der Waals surface area contributed by atoms with E-state index in [0.29, 0.717) is 5.69 Å². The first-order valence-corrected chi connectivity index (χ1v) is 7.20. The third-order valence-electron chi connectivity index (χ3n) is 3.10. The van der Waals surface area contributed by atoms with Crippen molar-refractivity contribution in [2.24, 2.45) is 0 Å². The highest BCUT2D eigenvalue weighted by atomic mass is 32.1. The summed E-state index contributed by atoms with van der Waals surface area (Å²) in [6.07, 6.45) is 1.03. The average molecular weight is 274 g/mol. The Morgan fingerprint density at radius 3 is 2.58 bits per heavy atom. The van der Waals surface area contributed by atoms with Crippen molar-refractivity contribution in [3.8, 4) is 0 Å². The number of hydrogen-bond acceptors (Lipinski definition) is 3. The summed E-state index contributed by atoms with van der Waals surface area (Å²) in [5.41, 5.74) is 2.91. The van der Waals surface area contributed by atoms with Gasteiger partial charge in [-0.05, 0) is 49.0 Å². The molecule has 1 aromatic carbocycles. The summed E-state index contributed by atoms with van der Waals surface area (Å²) in [6.45, 7) is 6.06. The largest absolute Gasteiger partial charge is 0.344 e. The van der Waals surface area contributed by atoms with E-state index in [9.17, 15) is 4.79 Å². The van der Waals surface area contributed by atoms with Crippen LogP contribution in [0.1, 0.15) is 46.4 Å². The van der Waals surface area contributed by atoms with Crippen molar-refractivity contribution < 1.29 is 4.79 Å². The van der Waals surface area contributed by atoms with Crippen LogP contribution in [0.25, 0.3) is 0 Å². The zero-order valence-electron chi connectivity index (χ0n) is 11.4. The molecule has 1 atom stereocenters. The molecule has 1 heterocycles. The molecule has 1 aromatic heterocycles. The second kappa shape index (κ2) is 5.97. The molecule has 0 fully saturated rings. The van der Waals surface area contributed by atoms with Crippen molar-refractivity contribution in [3.05, 3.63) is 52.0 Å². The molecular weight excluding hydrogens is 256 g/mol. The molecule has 1 unspecified atom stereocenters. The number of nitrogens with zero attached hydrogens (tertiary/aromatic N) is 1. The Labute approximate surface area is 117 Å². The average Bonchev–Trinajstić information content (AvgIpc) is 2.85. The number of hydrogen-bond donors (Lipinski definition) is 1. The fourth-order valence-electron chi connectivity index (χ4n) is 1.87. The van der Waals surface area contributed by atoms with Crippen LogP contribution >= 0.6 is 11.5 Å². The predicted molar refractivity (Wildman–Crippen MR) is 78.6 cm³/mol. The summed E-state index contributed by atoms with van der Waals surface area (Å²) >= 11 is 1.35. The monoisotopic (exact) mass is 274 g/mol. The van der Waals surface area contributed by atoms with Crippen molar-refractivity contribution in [1.82, 2.24) is 9.69 Å². The Balaban J connectivity index is 2.03. The van der Waals surface area contributed by atoms with E-state index in [0.717, 1.165) is 16.9 Å². The van der Waals surface area contributed by atoms with Crippen LogP contribution in [-0.2, 0) is 6.42 Å². The van der Waals surface area contributed by atoms with Crippen molar-refractivity contribution in [3.63, 3.8) is 0 Å². The van der Waals surface area contributed by atoms with Crippen molar-refractivity contribution >= 4 is 17.4 Å². The van der Waals surface area contributed by atoms with Gasteiger partial charge in [0.05, 0.1) is 6.04 Å². The molecule has 3 nitrogen and oxygen atoms in total. The lowest BCUT2D eigenvalue weighted by atomic mass is 10.0. The molecule has 0 saturated heterocycles. The van der Waals surface area contributed by atoms with Gasteiger partial charge in [0.25, 0.3) is 5.91 Å². The maximum Gasteiger partial charge on any atom is 0.271 e. The molecule has 0 bridgehead atoms. The Hall–Kier alpha value is -1.68. The number of carbonyl (C=O) groups is 1. The van der Waals surface area contributed by atoms with Gasteiger partial charge in [0.15, 0.2) is 0 Å². The molecule has 1 N–H and O–H groups in total. The van der Waals surface area contributed by atoms with Gasteiger partial charge in [-0.2, -0.15) is 4.37 Å². The van der Waals surface area contributed by atoms with Crippen LogP contribution in [0.2, 0.25) is 0 Å². The highest BCUT2D eigenvalue weighted by Crippen LogP contribution is 2.15. The van der Waals surface area contributed by atoms with Crippen LogP contribution in [0, 0.1) is 6.92 Å². The van der Waals surface area contributed by atoms with Crippen LogP contribution in [0.4, 0.5) is 0 Å². The van der Waals surface area contributed by atoms with Crippen LogP contribution in [0.5, 0.6) is 0 Å². The van der Waals surface area contributed by atoms with E-state index in [4.69, 9.17) is 0 Å². The van der Waals surface area contributed by atoms with E-state index in [1.54, 1.807) is 0 Å². The molecule has 100 valence electrons. The van der Waals surface area contributed by atoms with Gasteiger partial charge >= 0.3 is 0 Å². The summed E-state index contributed by atoms with van der Waals surface area (Å²) in [5.74, 6) is -0.114. The Kier molecular flexibility index (Phi) is 4.32. The quantitative estimate of drug-likeness (QED) is 0.927. The van der Waals surface area contributed by atoms with E-state index in [2.05, 4.69) is 40.9 Å². The maximum absolute atomic E-state index is 12.0. The van der Waals surface area contributed by atoms with Crippen LogP contribution in [-0.4, -0.2) is 10.3 Å². The van der Waals surface area contributed by atoms with Gasteiger partial charge in [0.1, 0.15) is 5.69 Å². The fraction of sp³-hybridized carbons (Fsp3) is 0.333. The topological polar surface area (TPSA) is 42.0 Å². The Morgan fingerprint density at radius 1 is 1.37 bits per heavy atom. The standard InChI is InChI=1S/C15H18N2OS/c1-4-12-5-7-13(8-6-12)11(3)16-15(18)14-9-10(2)19-17-14/h5-9,11H,4H2,1-3H3,(H,16,18). The first-order chi connectivity index (χ1) is 9.10. The first-order valence-electron chi connectivity index (χ1n) is 6.43. The van der Waals surface area contributed by atoms with E-state index < -0.39 is 0 Å². The Bertz CT molecular complexity index is 560. The Morgan fingerprint density at radius 2 is 2.05 bits per heavy atom. The third-order valence-corrected chi connectivity index (χ3v) is 3.79. The lowest BCUT2D eigenvalue weighted by molar-refractivity contribution is 0.0936. The number of aromatic nitrogens is 1. The second-order valence-electron chi connectivity index (χ2n) is 4.61. The third kappa shape index (κ3) is 3.41. The molecule has 0 aliphatic carbocycles. The SMILES string of the molecule is CCc1ccc(C(C)NC(=O)c2cc(C)sn2)cc1. The van der Waals surface area contributed by atoms with Crippen molar-refractivity contribution in [2.75, 3.05) is 0 Å². The molecule has 0 aliphatic heterocycles. The van der Waals surface area contributed by atoms with Crippen molar-refractivity contribution in [1.29, 1.82) is 0 Å². The van der Waals surface area contributed by atoms with E-state index >= 15 is 0 Å². The molecule has 1 amide bonds. The molecular formula is C15H18N2OS. The number of carbonyl (C=O) groups excluding carboxylic acids is 1. The molecule has 0 radical (unpaired) electrons. The molecule has 2 rings (SSSR count). The highest BCUT2D eigenvalue weighted by molar-refractivity contribution is 7.05. The summed E-state index contributed by atoms with van der Waals surface area (Å²) in [5, 5.41) is 2.97. The molecule has 0 saturated carbocycles. The number of benzene rings is 1. The highest BCUT2D eigenvalue weighted by Gasteiger charge is 2.13. The zero-order valence-corrected chi connectivity index (χ0v) is 12.3. The number of amides is 1. The van der Waals surface area contributed by atoms with Gasteiger partial charge in [-0.3, -0.25) is 4.79 Å². The second-order valence-corrected chi connectivity index (χ2v) is 5.62. The minimum absolute atomic E-state index is 0.0135. The van der Waals surface area contributed by atoms with Gasteiger partial charge in [-0.15, -0.1) is 0 Å². The molecule has 4 heteroatoms. The molecule has 2 aromatic rings. The van der Waals surface area contributed by atoms with Crippen LogP contribution in [0.15, 0.2) is 30.3 Å².